The molecule has 0 aromatic heterocycles. The average Bonchev–Trinajstić information content (AvgIpc) is 2.48. The van der Waals surface area contributed by atoms with Crippen LogP contribution < -0.4 is 0 Å². The number of aromatic carboxylic acids is 1. The fourth-order valence-corrected chi connectivity index (χ4v) is 2.81. The van der Waals surface area contributed by atoms with Crippen LogP contribution in [0.15, 0.2) is 18.2 Å². The smallest absolute Gasteiger partial charge is 0.335 e. The van der Waals surface area contributed by atoms with Gasteiger partial charge < -0.3 is 5.11 Å². The molecule has 0 heterocycles. The first-order valence-corrected chi connectivity index (χ1v) is 8.54. The van der Waals surface area contributed by atoms with E-state index in [2.05, 4.69) is 19.9 Å². The molecule has 1 N–H and O–H groups in total. The molecule has 118 valence electrons. The lowest BCUT2D eigenvalue weighted by Crippen LogP contribution is -2.06. The maximum absolute atomic E-state index is 11.4. The first-order chi connectivity index (χ1) is 10.2. The average molecular weight is 290 g/mol. The van der Waals surface area contributed by atoms with Crippen LogP contribution in [-0.4, -0.2) is 11.1 Å². The topological polar surface area (TPSA) is 37.3 Å². The largest absolute Gasteiger partial charge is 0.478 e. The zero-order chi connectivity index (χ0) is 15.5. The number of carboxylic acids is 1. The number of unbranched alkanes of at least 4 members (excludes halogenated alkanes) is 6. The SMILES string of the molecule is CCCCCCCCc1cccc(C(=O)O)c1CCCC. The highest BCUT2D eigenvalue weighted by Gasteiger charge is 2.13. The second-order valence-electron chi connectivity index (χ2n) is 5.87. The number of rotatable bonds is 11. The molecule has 2 nitrogen and oxygen atoms in total. The number of hydrogen-bond donors (Lipinski definition) is 1. The van der Waals surface area contributed by atoms with Crippen molar-refractivity contribution in [2.45, 2.75) is 78.1 Å². The molecular weight excluding hydrogens is 260 g/mol. The second-order valence-corrected chi connectivity index (χ2v) is 5.87. The molecule has 21 heavy (non-hydrogen) atoms. The van der Waals surface area contributed by atoms with E-state index in [-0.39, 0.29) is 0 Å². The Hall–Kier alpha value is -1.31. The van der Waals surface area contributed by atoms with Gasteiger partial charge in [0.2, 0.25) is 0 Å². The third-order valence-corrected chi connectivity index (χ3v) is 4.08. The van der Waals surface area contributed by atoms with E-state index < -0.39 is 5.97 Å². The van der Waals surface area contributed by atoms with Crippen LogP contribution >= 0.6 is 0 Å². The molecule has 0 aliphatic heterocycles. The van der Waals surface area contributed by atoms with Crippen molar-refractivity contribution in [1.82, 2.24) is 0 Å². The van der Waals surface area contributed by atoms with E-state index >= 15 is 0 Å². The summed E-state index contributed by atoms with van der Waals surface area (Å²) in [6, 6.07) is 5.76. The fraction of sp³-hybridized carbons (Fsp3) is 0.632. The quantitative estimate of drug-likeness (QED) is 0.536. The standard InChI is InChI=1S/C19H30O2/c1-3-5-7-8-9-10-12-16-13-11-15-18(19(20)21)17(16)14-6-4-2/h11,13,15H,3-10,12,14H2,1-2H3,(H,20,21). The van der Waals surface area contributed by atoms with Gasteiger partial charge in [-0.3, -0.25) is 0 Å². The highest BCUT2D eigenvalue weighted by Crippen LogP contribution is 2.20. The van der Waals surface area contributed by atoms with Crippen LogP contribution in [0, 0.1) is 0 Å². The molecule has 0 aliphatic carbocycles. The molecule has 0 bridgehead atoms. The number of carbonyl (C=O) groups is 1. The van der Waals surface area contributed by atoms with Gasteiger partial charge in [0.15, 0.2) is 0 Å². The van der Waals surface area contributed by atoms with Crippen molar-refractivity contribution in [1.29, 1.82) is 0 Å². The molecule has 0 unspecified atom stereocenters. The maximum Gasteiger partial charge on any atom is 0.335 e. The highest BCUT2D eigenvalue weighted by atomic mass is 16.4. The van der Waals surface area contributed by atoms with Crippen LogP contribution in [0.1, 0.15) is 86.7 Å². The summed E-state index contributed by atoms with van der Waals surface area (Å²) < 4.78 is 0. The van der Waals surface area contributed by atoms with Crippen molar-refractivity contribution in [2.24, 2.45) is 0 Å². The van der Waals surface area contributed by atoms with Crippen molar-refractivity contribution >= 4 is 5.97 Å². The van der Waals surface area contributed by atoms with Crippen molar-refractivity contribution < 1.29 is 9.90 Å². The number of benzene rings is 1. The van der Waals surface area contributed by atoms with Gasteiger partial charge in [0.1, 0.15) is 0 Å². The van der Waals surface area contributed by atoms with Crippen LogP contribution in [0.4, 0.5) is 0 Å². The first kappa shape index (κ1) is 17.7. The molecule has 1 rings (SSSR count). The molecule has 0 saturated heterocycles. The lowest BCUT2D eigenvalue weighted by atomic mass is 9.93. The summed E-state index contributed by atoms with van der Waals surface area (Å²) in [6.07, 6.45) is 11.7. The minimum absolute atomic E-state index is 0.506. The van der Waals surface area contributed by atoms with E-state index in [0.717, 1.165) is 31.2 Å². The molecular formula is C19H30O2. The van der Waals surface area contributed by atoms with Gasteiger partial charge in [-0.25, -0.2) is 4.79 Å². The van der Waals surface area contributed by atoms with Gasteiger partial charge in [0.05, 0.1) is 5.56 Å². The van der Waals surface area contributed by atoms with Crippen LogP contribution in [-0.2, 0) is 12.8 Å². The third-order valence-electron chi connectivity index (χ3n) is 4.08. The van der Waals surface area contributed by atoms with Crippen molar-refractivity contribution in [2.75, 3.05) is 0 Å². The third kappa shape index (κ3) is 6.33. The molecule has 0 amide bonds. The van der Waals surface area contributed by atoms with Gasteiger partial charge in [-0.1, -0.05) is 64.5 Å². The number of carboxylic acid groups (broad SMARTS) is 1. The van der Waals surface area contributed by atoms with Crippen LogP contribution in [0.2, 0.25) is 0 Å². The minimum Gasteiger partial charge on any atom is -0.478 e. The van der Waals surface area contributed by atoms with Gasteiger partial charge in [-0.15, -0.1) is 0 Å². The molecule has 0 fully saturated rings. The summed E-state index contributed by atoms with van der Waals surface area (Å²) in [6.45, 7) is 4.38. The second kappa shape index (κ2) is 10.4. The summed E-state index contributed by atoms with van der Waals surface area (Å²) in [7, 11) is 0. The Morgan fingerprint density at radius 2 is 1.57 bits per heavy atom. The Morgan fingerprint density at radius 1 is 0.905 bits per heavy atom. The fourth-order valence-electron chi connectivity index (χ4n) is 2.81. The van der Waals surface area contributed by atoms with Crippen molar-refractivity contribution in [3.63, 3.8) is 0 Å². The zero-order valence-corrected chi connectivity index (χ0v) is 13.7. The Morgan fingerprint density at radius 3 is 2.24 bits per heavy atom. The Kier molecular flexibility index (Phi) is 8.80. The van der Waals surface area contributed by atoms with Crippen molar-refractivity contribution in [3.05, 3.63) is 34.9 Å². The Balaban J connectivity index is 2.62. The molecule has 1 aromatic rings. The molecule has 0 spiro atoms. The monoisotopic (exact) mass is 290 g/mol. The predicted molar refractivity (Wildman–Crippen MR) is 89.1 cm³/mol. The summed E-state index contributed by atoms with van der Waals surface area (Å²) in [5.41, 5.74) is 2.83. The molecule has 0 saturated carbocycles. The highest BCUT2D eigenvalue weighted by molar-refractivity contribution is 5.89. The number of hydrogen-bond acceptors (Lipinski definition) is 1. The predicted octanol–water partition coefficient (Wildman–Crippen LogP) is 5.63. The van der Waals surface area contributed by atoms with Gasteiger partial charge in [-0.05, 0) is 42.9 Å². The van der Waals surface area contributed by atoms with Crippen molar-refractivity contribution in [3.8, 4) is 0 Å². The Bertz CT molecular complexity index is 424. The van der Waals surface area contributed by atoms with E-state index in [1.54, 1.807) is 6.07 Å². The van der Waals surface area contributed by atoms with Crippen LogP contribution in [0.25, 0.3) is 0 Å². The summed E-state index contributed by atoms with van der Waals surface area (Å²) >= 11 is 0. The normalized spacial score (nSPS) is 10.8. The van der Waals surface area contributed by atoms with E-state index in [0.29, 0.717) is 5.56 Å². The van der Waals surface area contributed by atoms with E-state index in [9.17, 15) is 9.90 Å². The van der Waals surface area contributed by atoms with Crippen LogP contribution in [0.3, 0.4) is 0 Å². The molecule has 1 aromatic carbocycles. The lowest BCUT2D eigenvalue weighted by Gasteiger charge is -2.12. The summed E-state index contributed by atoms with van der Waals surface area (Å²) in [5, 5.41) is 9.36. The minimum atomic E-state index is -0.786. The molecule has 0 aliphatic rings. The van der Waals surface area contributed by atoms with E-state index in [4.69, 9.17) is 0 Å². The maximum atomic E-state index is 11.4. The first-order valence-electron chi connectivity index (χ1n) is 8.54. The van der Waals surface area contributed by atoms with E-state index in [1.165, 1.54) is 44.1 Å². The van der Waals surface area contributed by atoms with Gasteiger partial charge >= 0.3 is 5.97 Å². The summed E-state index contributed by atoms with van der Waals surface area (Å²) in [4.78, 5) is 11.4. The van der Waals surface area contributed by atoms with E-state index in [1.807, 2.05) is 6.07 Å². The van der Waals surface area contributed by atoms with Crippen LogP contribution in [0.5, 0.6) is 0 Å². The zero-order valence-electron chi connectivity index (χ0n) is 13.7. The Labute approximate surface area is 129 Å². The number of aryl methyl sites for hydroxylation is 1. The summed E-state index contributed by atoms with van der Waals surface area (Å²) in [5.74, 6) is -0.786. The molecule has 0 atom stereocenters. The van der Waals surface area contributed by atoms with Gasteiger partial charge in [0.25, 0.3) is 0 Å². The van der Waals surface area contributed by atoms with Gasteiger partial charge in [-0.2, -0.15) is 0 Å². The lowest BCUT2D eigenvalue weighted by molar-refractivity contribution is 0.0695. The van der Waals surface area contributed by atoms with Gasteiger partial charge in [0, 0.05) is 0 Å². The molecule has 0 radical (unpaired) electrons. The molecule has 2 heteroatoms.